The zero-order valence-corrected chi connectivity index (χ0v) is 18.8. The molecule has 0 radical (unpaired) electrons. The Balaban J connectivity index is 3.24. The van der Waals surface area contributed by atoms with Gasteiger partial charge in [0.05, 0.1) is 6.42 Å². The molecule has 172 valence electrons. The summed E-state index contributed by atoms with van der Waals surface area (Å²) in [5, 5.41) is 14.9. The molecule has 0 aliphatic heterocycles. The van der Waals surface area contributed by atoms with E-state index in [0.29, 0.717) is 5.56 Å². The molecule has 1 aromatic carbocycles. The lowest BCUT2D eigenvalue weighted by atomic mass is 10.0. The standard InChI is InChI=1S/C21H32N4O6/c1-12(2)23-18(28)17(13-8-7-9-14(26)10-13)25(6)19(29)15(11-16(22)27)24-20(30)31-21(3,4)5/h7-10,12,15,17,26H,11H2,1-6H3,(H2,22,27)(H,23,28)(H,24,30). The Bertz CT molecular complexity index is 818. The highest BCUT2D eigenvalue weighted by atomic mass is 16.6. The third-order valence-electron chi connectivity index (χ3n) is 3.99. The molecule has 0 aromatic heterocycles. The van der Waals surface area contributed by atoms with Crippen LogP contribution in [0, 0.1) is 0 Å². The van der Waals surface area contributed by atoms with Gasteiger partial charge in [0.1, 0.15) is 23.4 Å². The van der Waals surface area contributed by atoms with Crippen LogP contribution in [0.15, 0.2) is 24.3 Å². The van der Waals surface area contributed by atoms with Crippen LogP contribution in [0.4, 0.5) is 4.79 Å². The maximum absolute atomic E-state index is 13.2. The summed E-state index contributed by atoms with van der Waals surface area (Å²) in [6.07, 6.45) is -1.39. The number of nitrogens with one attached hydrogen (secondary N) is 2. The van der Waals surface area contributed by atoms with Crippen LogP contribution >= 0.6 is 0 Å². The lowest BCUT2D eigenvalue weighted by Crippen LogP contribution is -2.53. The number of carbonyl (C=O) groups is 4. The number of likely N-dealkylation sites (N-methyl/N-ethyl adjacent to an activating group) is 1. The first-order chi connectivity index (χ1) is 14.2. The summed E-state index contributed by atoms with van der Waals surface area (Å²) in [6, 6.07) is 3.23. The van der Waals surface area contributed by atoms with Gasteiger partial charge in [0.25, 0.3) is 0 Å². The molecule has 0 heterocycles. The first kappa shape index (κ1) is 25.7. The van der Waals surface area contributed by atoms with Gasteiger partial charge >= 0.3 is 6.09 Å². The number of hydrogen-bond acceptors (Lipinski definition) is 6. The number of ether oxygens (including phenoxy) is 1. The molecule has 10 nitrogen and oxygen atoms in total. The fourth-order valence-electron chi connectivity index (χ4n) is 2.83. The highest BCUT2D eigenvalue weighted by Gasteiger charge is 2.35. The SMILES string of the molecule is CC(C)NC(=O)C(c1cccc(O)c1)N(C)C(=O)C(CC(N)=O)NC(=O)OC(C)(C)C. The lowest BCUT2D eigenvalue weighted by molar-refractivity contribution is -0.141. The first-order valence-electron chi connectivity index (χ1n) is 9.85. The Labute approximate surface area is 182 Å². The summed E-state index contributed by atoms with van der Waals surface area (Å²) in [6.45, 7) is 8.48. The molecule has 0 bridgehead atoms. The van der Waals surface area contributed by atoms with E-state index in [0.717, 1.165) is 4.90 Å². The van der Waals surface area contributed by atoms with Crippen molar-refractivity contribution in [2.24, 2.45) is 5.73 Å². The minimum Gasteiger partial charge on any atom is -0.508 e. The van der Waals surface area contributed by atoms with E-state index in [-0.39, 0.29) is 11.8 Å². The Morgan fingerprint density at radius 2 is 1.77 bits per heavy atom. The summed E-state index contributed by atoms with van der Waals surface area (Å²) in [4.78, 5) is 50.8. The number of primary amides is 1. The van der Waals surface area contributed by atoms with E-state index < -0.39 is 47.9 Å². The Hall–Kier alpha value is -3.30. The van der Waals surface area contributed by atoms with Crippen LogP contribution in [0.1, 0.15) is 52.6 Å². The van der Waals surface area contributed by atoms with Crippen molar-refractivity contribution in [1.29, 1.82) is 0 Å². The highest BCUT2D eigenvalue weighted by Crippen LogP contribution is 2.24. The van der Waals surface area contributed by atoms with Crippen LogP contribution in [0.5, 0.6) is 5.75 Å². The minimum atomic E-state index is -1.34. The van der Waals surface area contributed by atoms with Crippen molar-refractivity contribution in [3.8, 4) is 5.75 Å². The average Bonchev–Trinajstić information content (AvgIpc) is 2.58. The summed E-state index contributed by atoms with van der Waals surface area (Å²) in [5.74, 6) is -2.12. The van der Waals surface area contributed by atoms with Crippen LogP contribution in [0.25, 0.3) is 0 Å². The van der Waals surface area contributed by atoms with Crippen LogP contribution in [-0.4, -0.2) is 58.6 Å². The number of benzene rings is 1. The molecule has 31 heavy (non-hydrogen) atoms. The number of rotatable bonds is 8. The molecule has 1 rings (SSSR count). The van der Waals surface area contributed by atoms with Gasteiger partial charge in [-0.15, -0.1) is 0 Å². The van der Waals surface area contributed by atoms with Crippen molar-refractivity contribution >= 4 is 23.8 Å². The van der Waals surface area contributed by atoms with Gasteiger partial charge < -0.3 is 31.1 Å². The second kappa shape index (κ2) is 10.6. The fourth-order valence-corrected chi connectivity index (χ4v) is 2.83. The van der Waals surface area contributed by atoms with Crippen LogP contribution in [-0.2, 0) is 19.1 Å². The van der Waals surface area contributed by atoms with Gasteiger partial charge in [-0.25, -0.2) is 4.79 Å². The van der Waals surface area contributed by atoms with E-state index in [9.17, 15) is 24.3 Å². The van der Waals surface area contributed by atoms with E-state index in [1.807, 2.05) is 0 Å². The van der Waals surface area contributed by atoms with Gasteiger partial charge in [-0.3, -0.25) is 14.4 Å². The second-order valence-corrected chi connectivity index (χ2v) is 8.48. The maximum atomic E-state index is 13.2. The number of alkyl carbamates (subject to hydrolysis) is 1. The van der Waals surface area contributed by atoms with Gasteiger partial charge in [-0.1, -0.05) is 12.1 Å². The molecule has 0 fully saturated rings. The molecule has 1 aromatic rings. The van der Waals surface area contributed by atoms with Gasteiger partial charge in [-0.05, 0) is 52.3 Å². The third-order valence-corrected chi connectivity index (χ3v) is 3.99. The molecule has 0 aliphatic carbocycles. The largest absolute Gasteiger partial charge is 0.508 e. The average molecular weight is 437 g/mol. The summed E-state index contributed by atoms with van der Waals surface area (Å²) in [5.41, 5.74) is 4.78. The predicted molar refractivity (Wildman–Crippen MR) is 114 cm³/mol. The molecule has 2 atom stereocenters. The molecule has 4 amide bonds. The monoisotopic (exact) mass is 436 g/mol. The number of phenolic OH excluding ortho intramolecular Hbond substituents is 1. The van der Waals surface area contributed by atoms with Gasteiger partial charge in [0.15, 0.2) is 0 Å². The number of carbonyl (C=O) groups excluding carboxylic acids is 4. The van der Waals surface area contributed by atoms with E-state index in [2.05, 4.69) is 10.6 Å². The van der Waals surface area contributed by atoms with E-state index >= 15 is 0 Å². The maximum Gasteiger partial charge on any atom is 0.408 e. The number of nitrogens with zero attached hydrogens (tertiary/aromatic N) is 1. The fraction of sp³-hybridized carbons (Fsp3) is 0.524. The number of phenols is 1. The number of nitrogens with two attached hydrogens (primary N) is 1. The number of hydrogen-bond donors (Lipinski definition) is 4. The summed E-state index contributed by atoms with van der Waals surface area (Å²) in [7, 11) is 1.36. The number of amides is 4. The van der Waals surface area contributed by atoms with Crippen molar-refractivity contribution in [2.45, 2.75) is 64.8 Å². The van der Waals surface area contributed by atoms with Crippen LogP contribution in [0.3, 0.4) is 0 Å². The third kappa shape index (κ3) is 8.53. The van der Waals surface area contributed by atoms with Gasteiger partial charge in [-0.2, -0.15) is 0 Å². The zero-order valence-electron chi connectivity index (χ0n) is 18.8. The van der Waals surface area contributed by atoms with E-state index in [1.165, 1.54) is 19.2 Å². The van der Waals surface area contributed by atoms with E-state index in [4.69, 9.17) is 10.5 Å². The van der Waals surface area contributed by atoms with Crippen LogP contribution in [0.2, 0.25) is 0 Å². The van der Waals surface area contributed by atoms with Crippen LogP contribution < -0.4 is 16.4 Å². The topological polar surface area (TPSA) is 151 Å². The predicted octanol–water partition coefficient (Wildman–Crippen LogP) is 1.18. The molecular formula is C21H32N4O6. The normalized spacial score (nSPS) is 13.1. The lowest BCUT2D eigenvalue weighted by Gasteiger charge is -2.31. The molecule has 0 spiro atoms. The molecule has 5 N–H and O–H groups in total. The second-order valence-electron chi connectivity index (χ2n) is 8.48. The molecular weight excluding hydrogens is 404 g/mol. The molecule has 0 saturated heterocycles. The van der Waals surface area contributed by atoms with Crippen molar-refractivity contribution in [3.63, 3.8) is 0 Å². The molecule has 10 heteroatoms. The van der Waals surface area contributed by atoms with Gasteiger partial charge in [0, 0.05) is 13.1 Å². The first-order valence-corrected chi connectivity index (χ1v) is 9.85. The highest BCUT2D eigenvalue weighted by molar-refractivity contribution is 5.94. The molecule has 0 aliphatic rings. The summed E-state index contributed by atoms with van der Waals surface area (Å²) >= 11 is 0. The van der Waals surface area contributed by atoms with Gasteiger partial charge in [0.2, 0.25) is 17.7 Å². The smallest absolute Gasteiger partial charge is 0.408 e. The minimum absolute atomic E-state index is 0.0822. The Morgan fingerprint density at radius 3 is 2.26 bits per heavy atom. The summed E-state index contributed by atoms with van der Waals surface area (Å²) < 4.78 is 5.16. The van der Waals surface area contributed by atoms with Crippen molar-refractivity contribution in [2.75, 3.05) is 7.05 Å². The van der Waals surface area contributed by atoms with Crippen molar-refractivity contribution < 1.29 is 29.0 Å². The quantitative estimate of drug-likeness (QED) is 0.480. The molecule has 0 saturated carbocycles. The number of aromatic hydroxyl groups is 1. The van der Waals surface area contributed by atoms with Crippen molar-refractivity contribution in [3.05, 3.63) is 29.8 Å². The molecule has 2 unspecified atom stereocenters. The zero-order chi connectivity index (χ0) is 23.9. The Morgan fingerprint density at radius 1 is 1.16 bits per heavy atom. The van der Waals surface area contributed by atoms with Crippen molar-refractivity contribution in [1.82, 2.24) is 15.5 Å². The Kier molecular flexibility index (Phi) is 8.84. The van der Waals surface area contributed by atoms with E-state index in [1.54, 1.807) is 46.8 Å².